The van der Waals surface area contributed by atoms with Crippen molar-refractivity contribution in [3.63, 3.8) is 0 Å². The van der Waals surface area contributed by atoms with Crippen LogP contribution < -0.4 is 0 Å². The highest BCUT2D eigenvalue weighted by Crippen LogP contribution is 2.41. The molecule has 0 saturated heterocycles. The van der Waals surface area contributed by atoms with Crippen LogP contribution in [0.4, 0.5) is 0 Å². The van der Waals surface area contributed by atoms with Crippen LogP contribution in [0.2, 0.25) is 0 Å². The first-order valence-corrected chi connectivity index (χ1v) is 8.23. The van der Waals surface area contributed by atoms with Gasteiger partial charge in [-0.25, -0.2) is 0 Å². The quantitative estimate of drug-likeness (QED) is 0.385. The smallest absolute Gasteiger partial charge is 0.303 e. The number of carboxylic acids is 1. The molecule has 0 bridgehead atoms. The van der Waals surface area contributed by atoms with E-state index in [1.807, 2.05) is 19.1 Å². The van der Waals surface area contributed by atoms with Gasteiger partial charge < -0.3 is 20.4 Å². The molecule has 1 rings (SSSR count). The Hall–Kier alpha value is -0.910. The number of aliphatic hydroxyl groups excluding tert-OH is 3. The lowest BCUT2D eigenvalue weighted by Gasteiger charge is -2.29. The van der Waals surface area contributed by atoms with Crippen LogP contribution in [0.1, 0.15) is 52.4 Å². The summed E-state index contributed by atoms with van der Waals surface area (Å²) in [4.78, 5) is 10.4. The second-order valence-corrected chi connectivity index (χ2v) is 6.67. The van der Waals surface area contributed by atoms with Crippen molar-refractivity contribution in [3.8, 4) is 0 Å². The van der Waals surface area contributed by atoms with Crippen LogP contribution >= 0.6 is 0 Å². The Morgan fingerprint density at radius 3 is 2.50 bits per heavy atom. The molecule has 0 unspecified atom stereocenters. The van der Waals surface area contributed by atoms with E-state index in [2.05, 4.69) is 0 Å². The lowest BCUT2D eigenvalue weighted by Crippen LogP contribution is -2.29. The predicted molar refractivity (Wildman–Crippen MR) is 84.3 cm³/mol. The Labute approximate surface area is 132 Å². The van der Waals surface area contributed by atoms with Crippen LogP contribution in [0.5, 0.6) is 0 Å². The molecule has 1 aliphatic rings. The van der Waals surface area contributed by atoms with Gasteiger partial charge in [-0.05, 0) is 56.8 Å². The van der Waals surface area contributed by atoms with E-state index in [0.717, 1.165) is 0 Å². The Balaban J connectivity index is 2.50. The van der Waals surface area contributed by atoms with Crippen LogP contribution in [0, 0.1) is 17.8 Å². The van der Waals surface area contributed by atoms with Crippen molar-refractivity contribution in [3.05, 3.63) is 12.2 Å². The van der Waals surface area contributed by atoms with Crippen molar-refractivity contribution < 1.29 is 25.2 Å². The van der Waals surface area contributed by atoms with Crippen molar-refractivity contribution in [1.29, 1.82) is 0 Å². The van der Waals surface area contributed by atoms with Gasteiger partial charge in [0.05, 0.1) is 18.3 Å². The number of allylic oxidation sites excluding steroid dienone is 2. The minimum absolute atomic E-state index is 0.000487. The molecule has 0 aromatic heterocycles. The van der Waals surface area contributed by atoms with Crippen molar-refractivity contribution in [2.45, 2.75) is 70.7 Å². The average Bonchev–Trinajstić information content (AvgIpc) is 2.67. The first-order chi connectivity index (χ1) is 10.3. The summed E-state index contributed by atoms with van der Waals surface area (Å²) in [5, 5.41) is 38.4. The molecule has 4 N–H and O–H groups in total. The highest BCUT2D eigenvalue weighted by molar-refractivity contribution is 5.66. The first kappa shape index (κ1) is 19.1. The number of carbonyl (C=O) groups is 1. The first-order valence-electron chi connectivity index (χ1n) is 8.23. The Bertz CT molecular complexity index is 366. The van der Waals surface area contributed by atoms with E-state index in [9.17, 15) is 20.1 Å². The molecule has 0 aromatic rings. The van der Waals surface area contributed by atoms with Gasteiger partial charge in [0.15, 0.2) is 0 Å². The van der Waals surface area contributed by atoms with E-state index < -0.39 is 24.3 Å². The number of carboxylic acid groups (broad SMARTS) is 1. The zero-order valence-corrected chi connectivity index (χ0v) is 13.6. The summed E-state index contributed by atoms with van der Waals surface area (Å²) in [6.07, 6.45) is 5.69. The Morgan fingerprint density at radius 1 is 1.23 bits per heavy atom. The summed E-state index contributed by atoms with van der Waals surface area (Å²) < 4.78 is 0. The van der Waals surface area contributed by atoms with E-state index >= 15 is 0 Å². The number of aliphatic carboxylic acids is 1. The van der Waals surface area contributed by atoms with Gasteiger partial charge in [0, 0.05) is 6.42 Å². The van der Waals surface area contributed by atoms with Gasteiger partial charge >= 0.3 is 5.97 Å². The zero-order chi connectivity index (χ0) is 16.7. The topological polar surface area (TPSA) is 98.0 Å². The van der Waals surface area contributed by atoms with Gasteiger partial charge in [0.2, 0.25) is 0 Å². The summed E-state index contributed by atoms with van der Waals surface area (Å²) >= 11 is 0. The zero-order valence-electron chi connectivity index (χ0n) is 13.6. The highest BCUT2D eigenvalue weighted by atomic mass is 16.4. The molecule has 1 aliphatic carbocycles. The number of unbranched alkanes of at least 4 members (excludes halogenated alkanes) is 1. The molecular weight excluding hydrogens is 284 g/mol. The van der Waals surface area contributed by atoms with E-state index in [4.69, 9.17) is 5.11 Å². The molecule has 0 amide bonds. The Morgan fingerprint density at radius 2 is 1.91 bits per heavy atom. The van der Waals surface area contributed by atoms with E-state index in [1.165, 1.54) is 0 Å². The molecule has 22 heavy (non-hydrogen) atoms. The van der Waals surface area contributed by atoms with Crippen molar-refractivity contribution in [1.82, 2.24) is 0 Å². The standard InChI is InChI=1S/C17H30O5/c1-11(9-12(2)18)17-13(14(19)10-15(17)20)7-5-3-4-6-8-16(21)22/h3,5,11-15,17-20H,4,6-10H2,1-2H3,(H,21,22)/b5-3-/t11-,12-,13-,14-,15+,17+/m0/s1. The molecule has 0 radical (unpaired) electrons. The number of rotatable bonds is 9. The van der Waals surface area contributed by atoms with Crippen LogP contribution in [0.25, 0.3) is 0 Å². The summed E-state index contributed by atoms with van der Waals surface area (Å²) in [5.41, 5.74) is 0. The van der Waals surface area contributed by atoms with Gasteiger partial charge in [-0.2, -0.15) is 0 Å². The lowest BCUT2D eigenvalue weighted by atomic mass is 9.79. The summed E-state index contributed by atoms with van der Waals surface area (Å²) in [6, 6.07) is 0. The molecule has 6 atom stereocenters. The largest absolute Gasteiger partial charge is 0.481 e. The molecule has 0 aromatic carbocycles. The second-order valence-electron chi connectivity index (χ2n) is 6.67. The molecule has 128 valence electrons. The molecule has 5 heteroatoms. The van der Waals surface area contributed by atoms with Gasteiger partial charge in [0.1, 0.15) is 0 Å². The predicted octanol–water partition coefficient (Wildman–Crippen LogP) is 1.95. The second kappa shape index (κ2) is 9.28. The van der Waals surface area contributed by atoms with Crippen molar-refractivity contribution in [2.24, 2.45) is 17.8 Å². The molecular formula is C17H30O5. The van der Waals surface area contributed by atoms with Crippen LogP contribution in [-0.4, -0.2) is 44.7 Å². The van der Waals surface area contributed by atoms with Gasteiger partial charge in [-0.3, -0.25) is 4.79 Å². The SMILES string of the molecule is C[C@H](O)C[C@H](C)[C@@H]1[C@@H](C/C=C\CCCC(=O)O)[C@@H](O)C[C@H]1O. The summed E-state index contributed by atoms with van der Waals surface area (Å²) in [6.45, 7) is 3.76. The fraction of sp³-hybridized carbons (Fsp3) is 0.824. The molecule has 1 saturated carbocycles. The van der Waals surface area contributed by atoms with Crippen molar-refractivity contribution >= 4 is 5.97 Å². The van der Waals surface area contributed by atoms with E-state index in [-0.39, 0.29) is 24.2 Å². The minimum Gasteiger partial charge on any atom is -0.481 e. The highest BCUT2D eigenvalue weighted by Gasteiger charge is 2.43. The van der Waals surface area contributed by atoms with E-state index in [1.54, 1.807) is 6.92 Å². The fourth-order valence-corrected chi connectivity index (χ4v) is 3.67. The third kappa shape index (κ3) is 6.07. The van der Waals surface area contributed by atoms with Crippen LogP contribution in [0.15, 0.2) is 12.2 Å². The van der Waals surface area contributed by atoms with Crippen LogP contribution in [-0.2, 0) is 4.79 Å². The molecule has 0 aliphatic heterocycles. The monoisotopic (exact) mass is 314 g/mol. The normalized spacial score (nSPS) is 31.5. The van der Waals surface area contributed by atoms with Gasteiger partial charge in [-0.15, -0.1) is 0 Å². The molecule has 0 spiro atoms. The fourth-order valence-electron chi connectivity index (χ4n) is 3.67. The maximum Gasteiger partial charge on any atom is 0.303 e. The van der Waals surface area contributed by atoms with Gasteiger partial charge in [-0.1, -0.05) is 19.1 Å². The number of hydrogen-bond donors (Lipinski definition) is 4. The maximum atomic E-state index is 10.4. The third-order valence-corrected chi connectivity index (χ3v) is 4.62. The van der Waals surface area contributed by atoms with E-state index in [0.29, 0.717) is 32.1 Å². The number of aliphatic hydroxyl groups is 3. The molecule has 5 nitrogen and oxygen atoms in total. The third-order valence-electron chi connectivity index (χ3n) is 4.62. The lowest BCUT2D eigenvalue weighted by molar-refractivity contribution is -0.137. The summed E-state index contributed by atoms with van der Waals surface area (Å²) in [7, 11) is 0. The Kier molecular flexibility index (Phi) is 8.07. The van der Waals surface area contributed by atoms with Crippen LogP contribution in [0.3, 0.4) is 0 Å². The van der Waals surface area contributed by atoms with Gasteiger partial charge in [0.25, 0.3) is 0 Å². The number of hydrogen-bond acceptors (Lipinski definition) is 4. The molecule has 0 heterocycles. The summed E-state index contributed by atoms with van der Waals surface area (Å²) in [5.74, 6) is -0.639. The average molecular weight is 314 g/mol. The maximum absolute atomic E-state index is 10.4. The molecule has 1 fully saturated rings. The van der Waals surface area contributed by atoms with Crippen molar-refractivity contribution in [2.75, 3.05) is 0 Å². The minimum atomic E-state index is -0.783.